The minimum absolute atomic E-state index is 0.285. The van der Waals surface area contributed by atoms with Crippen LogP contribution in [-0.4, -0.2) is 19.2 Å². The van der Waals surface area contributed by atoms with Gasteiger partial charge in [0.25, 0.3) is 0 Å². The van der Waals surface area contributed by atoms with Crippen LogP contribution in [0.1, 0.15) is 40.5 Å². The van der Waals surface area contributed by atoms with E-state index in [-0.39, 0.29) is 5.75 Å². The van der Waals surface area contributed by atoms with Crippen LogP contribution in [0, 0.1) is 5.82 Å². The van der Waals surface area contributed by atoms with Crippen molar-refractivity contribution >= 4 is 11.4 Å². The number of nitrogens with two attached hydrogens (primary N) is 1. The first-order valence-corrected chi connectivity index (χ1v) is 7.03. The maximum Gasteiger partial charge on any atom is 0.167 e. The van der Waals surface area contributed by atoms with Gasteiger partial charge in [0.2, 0.25) is 0 Å². The van der Waals surface area contributed by atoms with Gasteiger partial charge in [0.15, 0.2) is 11.6 Å². The van der Waals surface area contributed by atoms with Crippen molar-refractivity contribution < 1.29 is 9.13 Å². The topological polar surface area (TPSA) is 38.5 Å². The molecule has 0 saturated heterocycles. The molecule has 0 saturated carbocycles. The second kappa shape index (κ2) is 7.22. The van der Waals surface area contributed by atoms with E-state index in [1.54, 1.807) is 6.07 Å². The van der Waals surface area contributed by atoms with Crippen LogP contribution in [-0.2, 0) is 0 Å². The molecule has 0 fully saturated rings. The summed E-state index contributed by atoms with van der Waals surface area (Å²) < 4.78 is 19.2. The highest BCUT2D eigenvalue weighted by molar-refractivity contribution is 5.70. The van der Waals surface area contributed by atoms with E-state index in [0.717, 1.165) is 25.1 Å². The van der Waals surface area contributed by atoms with Crippen LogP contribution >= 0.6 is 0 Å². The monoisotopic (exact) mass is 268 g/mol. The molecule has 0 aromatic heterocycles. The number of nitrogens with zero attached hydrogens (tertiary/aromatic N) is 1. The van der Waals surface area contributed by atoms with Crippen LogP contribution in [0.2, 0.25) is 0 Å². The summed E-state index contributed by atoms with van der Waals surface area (Å²) in [6.45, 7) is 9.67. The van der Waals surface area contributed by atoms with Gasteiger partial charge in [-0.2, -0.15) is 0 Å². The van der Waals surface area contributed by atoms with Crippen molar-refractivity contribution in [3.05, 3.63) is 17.9 Å². The van der Waals surface area contributed by atoms with Crippen molar-refractivity contribution in [2.45, 2.75) is 46.6 Å². The fourth-order valence-corrected chi connectivity index (χ4v) is 2.07. The first-order chi connectivity index (χ1) is 9.04. The lowest BCUT2D eigenvalue weighted by Crippen LogP contribution is -2.33. The van der Waals surface area contributed by atoms with Crippen molar-refractivity contribution in [3.63, 3.8) is 0 Å². The molecule has 0 spiro atoms. The van der Waals surface area contributed by atoms with Crippen LogP contribution in [0.25, 0.3) is 0 Å². The van der Waals surface area contributed by atoms with Gasteiger partial charge in [0.05, 0.1) is 18.0 Å². The van der Waals surface area contributed by atoms with Crippen LogP contribution in [0.5, 0.6) is 5.75 Å². The molecule has 0 radical (unpaired) electrons. The molecule has 0 amide bonds. The van der Waals surface area contributed by atoms with E-state index in [2.05, 4.69) is 25.7 Å². The van der Waals surface area contributed by atoms with Crippen molar-refractivity contribution in [2.24, 2.45) is 0 Å². The zero-order valence-corrected chi connectivity index (χ0v) is 12.4. The van der Waals surface area contributed by atoms with Gasteiger partial charge in [0, 0.05) is 24.7 Å². The number of nitrogen functional groups attached to an aromatic ring is 1. The summed E-state index contributed by atoms with van der Waals surface area (Å²) in [4.78, 5) is 2.17. The van der Waals surface area contributed by atoms with Gasteiger partial charge in [0.1, 0.15) is 0 Å². The highest BCUT2D eigenvalue weighted by atomic mass is 19.1. The smallest absolute Gasteiger partial charge is 0.167 e. The van der Waals surface area contributed by atoms with Gasteiger partial charge < -0.3 is 15.4 Å². The van der Waals surface area contributed by atoms with E-state index >= 15 is 0 Å². The third-order valence-corrected chi connectivity index (χ3v) is 3.32. The number of ether oxygens (including phenoxy) is 1. The zero-order chi connectivity index (χ0) is 14.4. The molecule has 0 bridgehead atoms. The molecule has 0 heterocycles. The summed E-state index contributed by atoms with van der Waals surface area (Å²) in [5.41, 5.74) is 7.26. The maximum atomic E-state index is 13.8. The SMILES string of the molecule is CCCOc1cc(N(CC)C(C)CC)c(N)cc1F. The molecule has 1 rings (SSSR count). The molecule has 1 unspecified atom stereocenters. The van der Waals surface area contributed by atoms with Crippen LogP contribution in [0.3, 0.4) is 0 Å². The molecular formula is C15H25FN2O. The Bertz CT molecular complexity index is 409. The van der Waals surface area contributed by atoms with Crippen molar-refractivity contribution in [1.29, 1.82) is 0 Å². The lowest BCUT2D eigenvalue weighted by molar-refractivity contribution is 0.301. The second-order valence-electron chi connectivity index (χ2n) is 4.73. The molecule has 3 nitrogen and oxygen atoms in total. The first-order valence-electron chi connectivity index (χ1n) is 7.03. The van der Waals surface area contributed by atoms with Crippen LogP contribution in [0.15, 0.2) is 12.1 Å². The molecule has 4 heteroatoms. The van der Waals surface area contributed by atoms with Crippen molar-refractivity contribution in [1.82, 2.24) is 0 Å². The zero-order valence-electron chi connectivity index (χ0n) is 12.4. The Kier molecular flexibility index (Phi) is 5.93. The third kappa shape index (κ3) is 3.75. The summed E-state index contributed by atoms with van der Waals surface area (Å²) >= 11 is 0. The Morgan fingerprint density at radius 2 is 2.00 bits per heavy atom. The predicted molar refractivity (Wildman–Crippen MR) is 79.4 cm³/mol. The largest absolute Gasteiger partial charge is 0.490 e. The van der Waals surface area contributed by atoms with Crippen molar-refractivity contribution in [3.8, 4) is 5.75 Å². The second-order valence-corrected chi connectivity index (χ2v) is 4.73. The summed E-state index contributed by atoms with van der Waals surface area (Å²) in [6, 6.07) is 3.43. The highest BCUT2D eigenvalue weighted by Gasteiger charge is 2.17. The van der Waals surface area contributed by atoms with Gasteiger partial charge in [-0.15, -0.1) is 0 Å². The molecule has 2 N–H and O–H groups in total. The Morgan fingerprint density at radius 3 is 2.53 bits per heavy atom. The number of hydrogen-bond donors (Lipinski definition) is 1. The first kappa shape index (κ1) is 15.6. The molecule has 0 aliphatic carbocycles. The molecule has 0 aliphatic rings. The summed E-state index contributed by atoms with van der Waals surface area (Å²) in [5.74, 6) is -0.109. The van der Waals surface area contributed by atoms with E-state index in [9.17, 15) is 4.39 Å². The number of hydrogen-bond acceptors (Lipinski definition) is 3. The Balaban J connectivity index is 3.11. The maximum absolute atomic E-state index is 13.8. The van der Waals surface area contributed by atoms with E-state index in [1.807, 2.05) is 6.92 Å². The highest BCUT2D eigenvalue weighted by Crippen LogP contribution is 2.32. The quantitative estimate of drug-likeness (QED) is 0.764. The molecule has 19 heavy (non-hydrogen) atoms. The lowest BCUT2D eigenvalue weighted by Gasteiger charge is -2.31. The summed E-state index contributed by atoms with van der Waals surface area (Å²) in [5, 5.41) is 0. The average molecular weight is 268 g/mol. The number of anilines is 2. The van der Waals surface area contributed by atoms with E-state index < -0.39 is 5.82 Å². The average Bonchev–Trinajstić information content (AvgIpc) is 2.40. The Morgan fingerprint density at radius 1 is 1.32 bits per heavy atom. The standard InChI is InChI=1S/C15H25FN2O/c1-5-8-19-15-10-14(13(17)9-12(15)16)18(7-3)11(4)6-2/h9-11H,5-8,17H2,1-4H3. The summed E-state index contributed by atoms with van der Waals surface area (Å²) in [6.07, 6.45) is 1.86. The molecular weight excluding hydrogens is 243 g/mol. The predicted octanol–water partition coefficient (Wildman–Crippen LogP) is 3.82. The fraction of sp³-hybridized carbons (Fsp3) is 0.600. The fourth-order valence-electron chi connectivity index (χ4n) is 2.07. The minimum atomic E-state index is -0.394. The van der Waals surface area contributed by atoms with Gasteiger partial charge in [-0.25, -0.2) is 4.39 Å². The molecule has 108 valence electrons. The third-order valence-electron chi connectivity index (χ3n) is 3.32. The molecule has 0 aliphatic heterocycles. The molecule has 1 aromatic carbocycles. The van der Waals surface area contributed by atoms with Crippen LogP contribution < -0.4 is 15.4 Å². The normalized spacial score (nSPS) is 12.3. The number of halogens is 1. The van der Waals surface area contributed by atoms with E-state index in [0.29, 0.717) is 18.3 Å². The molecule has 1 atom stereocenters. The number of benzene rings is 1. The van der Waals surface area contributed by atoms with Crippen molar-refractivity contribution in [2.75, 3.05) is 23.8 Å². The van der Waals surface area contributed by atoms with E-state index in [1.165, 1.54) is 6.07 Å². The Hall–Kier alpha value is -1.45. The van der Waals surface area contributed by atoms with Crippen LogP contribution in [0.4, 0.5) is 15.8 Å². The molecule has 1 aromatic rings. The van der Waals surface area contributed by atoms with Gasteiger partial charge in [-0.05, 0) is 26.7 Å². The number of rotatable bonds is 7. The van der Waals surface area contributed by atoms with Gasteiger partial charge >= 0.3 is 0 Å². The summed E-state index contributed by atoms with van der Waals surface area (Å²) in [7, 11) is 0. The lowest BCUT2D eigenvalue weighted by atomic mass is 10.1. The minimum Gasteiger partial charge on any atom is -0.490 e. The van der Waals surface area contributed by atoms with Gasteiger partial charge in [-0.3, -0.25) is 0 Å². The van der Waals surface area contributed by atoms with Gasteiger partial charge in [-0.1, -0.05) is 13.8 Å². The van der Waals surface area contributed by atoms with E-state index in [4.69, 9.17) is 10.5 Å². The Labute approximate surface area is 115 Å².